The standard InChI is InChI=1S/C32H24ClN3O7/c1-2-40-29-15-19(11-14-27(29)41-18-20-7-3-5-9-25(20)33)30-23-13-12-21(16-28(23)43-31(35)24(30)17-34)42-32(37)22-8-4-6-10-26(22)36(38)39/h3-16,30H,2,18,35H2,1H3. The van der Waals surface area contributed by atoms with Crippen LogP contribution in [0.25, 0.3) is 0 Å². The van der Waals surface area contributed by atoms with Gasteiger partial charge < -0.3 is 24.7 Å². The molecule has 0 amide bonds. The number of ether oxygens (including phenoxy) is 4. The fourth-order valence-corrected chi connectivity index (χ4v) is 4.86. The largest absolute Gasteiger partial charge is 0.490 e. The maximum absolute atomic E-state index is 12.8. The Balaban J connectivity index is 1.46. The van der Waals surface area contributed by atoms with Gasteiger partial charge in [-0.1, -0.05) is 54.1 Å². The number of esters is 1. The van der Waals surface area contributed by atoms with E-state index in [9.17, 15) is 20.2 Å². The zero-order valence-corrected chi connectivity index (χ0v) is 23.5. The number of carbonyl (C=O) groups excluding carboxylic acids is 1. The van der Waals surface area contributed by atoms with Gasteiger partial charge in [0.2, 0.25) is 5.88 Å². The second-order valence-electron chi connectivity index (χ2n) is 9.31. The van der Waals surface area contributed by atoms with Crippen molar-refractivity contribution in [2.24, 2.45) is 5.73 Å². The number of fused-ring (bicyclic) bond motifs is 1. The lowest BCUT2D eigenvalue weighted by atomic mass is 9.83. The van der Waals surface area contributed by atoms with Crippen LogP contribution in [0.1, 0.15) is 39.9 Å². The monoisotopic (exact) mass is 597 g/mol. The average Bonchev–Trinajstić information content (AvgIpc) is 3.00. The quantitative estimate of drug-likeness (QED) is 0.0967. The van der Waals surface area contributed by atoms with Crippen molar-refractivity contribution in [3.05, 3.63) is 134 Å². The van der Waals surface area contributed by atoms with Gasteiger partial charge in [-0.15, -0.1) is 0 Å². The second-order valence-corrected chi connectivity index (χ2v) is 9.71. The van der Waals surface area contributed by atoms with Crippen molar-refractivity contribution in [2.45, 2.75) is 19.4 Å². The number of nitro groups is 1. The van der Waals surface area contributed by atoms with E-state index in [1.807, 2.05) is 25.1 Å². The van der Waals surface area contributed by atoms with Crippen LogP contribution in [0.5, 0.6) is 23.0 Å². The minimum absolute atomic E-state index is 0.0761. The first kappa shape index (κ1) is 29.0. The lowest BCUT2D eigenvalue weighted by molar-refractivity contribution is -0.385. The van der Waals surface area contributed by atoms with E-state index in [0.717, 1.165) is 5.56 Å². The Hall–Kier alpha value is -5.53. The molecule has 43 heavy (non-hydrogen) atoms. The molecule has 0 aliphatic carbocycles. The molecule has 4 aromatic carbocycles. The molecule has 4 aromatic rings. The van der Waals surface area contributed by atoms with Crippen molar-refractivity contribution >= 4 is 23.3 Å². The van der Waals surface area contributed by atoms with Crippen LogP contribution < -0.4 is 24.7 Å². The molecule has 0 radical (unpaired) electrons. The minimum atomic E-state index is -0.908. The maximum atomic E-state index is 12.8. The van der Waals surface area contributed by atoms with Crippen molar-refractivity contribution in [3.8, 4) is 29.1 Å². The Kier molecular flexibility index (Phi) is 8.46. The predicted octanol–water partition coefficient (Wildman–Crippen LogP) is 6.66. The van der Waals surface area contributed by atoms with Crippen LogP contribution in [0.3, 0.4) is 0 Å². The molecular formula is C32H24ClN3O7. The fraction of sp³-hybridized carbons (Fsp3) is 0.125. The Labute approximate surface area is 251 Å². The predicted molar refractivity (Wildman–Crippen MR) is 157 cm³/mol. The molecule has 1 aliphatic rings. The van der Waals surface area contributed by atoms with Crippen molar-refractivity contribution in [1.82, 2.24) is 0 Å². The molecule has 0 aromatic heterocycles. The number of carbonyl (C=O) groups is 1. The summed E-state index contributed by atoms with van der Waals surface area (Å²) in [5.41, 5.74) is 7.86. The van der Waals surface area contributed by atoms with Gasteiger partial charge in [-0.3, -0.25) is 10.1 Å². The van der Waals surface area contributed by atoms with Crippen LogP contribution in [0.2, 0.25) is 5.02 Å². The van der Waals surface area contributed by atoms with E-state index >= 15 is 0 Å². The van der Waals surface area contributed by atoms with Gasteiger partial charge in [-0.05, 0) is 42.8 Å². The Morgan fingerprint density at radius 3 is 2.56 bits per heavy atom. The Morgan fingerprint density at radius 2 is 1.81 bits per heavy atom. The molecule has 0 saturated heterocycles. The summed E-state index contributed by atoms with van der Waals surface area (Å²) in [6.07, 6.45) is 0. The highest BCUT2D eigenvalue weighted by molar-refractivity contribution is 6.31. The molecule has 2 N–H and O–H groups in total. The molecule has 0 spiro atoms. The molecule has 10 nitrogen and oxygen atoms in total. The molecule has 5 rings (SSSR count). The Bertz CT molecular complexity index is 1800. The van der Waals surface area contributed by atoms with Gasteiger partial charge in [0, 0.05) is 28.3 Å². The molecule has 11 heteroatoms. The highest BCUT2D eigenvalue weighted by Gasteiger charge is 2.32. The Morgan fingerprint density at radius 1 is 1.05 bits per heavy atom. The molecule has 0 saturated carbocycles. The van der Waals surface area contributed by atoms with E-state index in [0.29, 0.717) is 34.3 Å². The van der Waals surface area contributed by atoms with E-state index in [1.54, 1.807) is 30.3 Å². The molecule has 0 fully saturated rings. The lowest BCUT2D eigenvalue weighted by Gasteiger charge is -2.27. The summed E-state index contributed by atoms with van der Waals surface area (Å²) in [7, 11) is 0. The third-order valence-electron chi connectivity index (χ3n) is 6.66. The summed E-state index contributed by atoms with van der Waals surface area (Å²) in [5.74, 6) is -0.366. The summed E-state index contributed by atoms with van der Waals surface area (Å²) in [6.45, 7) is 2.44. The number of halogens is 1. The first-order chi connectivity index (χ1) is 20.8. The summed E-state index contributed by atoms with van der Waals surface area (Å²) in [5, 5.41) is 21.9. The van der Waals surface area contributed by atoms with Crippen LogP contribution in [-0.2, 0) is 6.61 Å². The molecule has 1 atom stereocenters. The zero-order valence-electron chi connectivity index (χ0n) is 22.8. The van der Waals surface area contributed by atoms with Gasteiger partial charge in [0.05, 0.1) is 17.4 Å². The number of rotatable bonds is 9. The number of nitriles is 1. The van der Waals surface area contributed by atoms with Crippen molar-refractivity contribution in [1.29, 1.82) is 5.26 Å². The molecule has 1 unspecified atom stereocenters. The summed E-state index contributed by atoms with van der Waals surface area (Å²) >= 11 is 6.28. The van der Waals surface area contributed by atoms with Crippen LogP contribution in [0.15, 0.2) is 96.4 Å². The maximum Gasteiger partial charge on any atom is 0.350 e. The van der Waals surface area contributed by atoms with Crippen molar-refractivity contribution < 1.29 is 28.7 Å². The topological polar surface area (TPSA) is 147 Å². The molecular weight excluding hydrogens is 574 g/mol. The highest BCUT2D eigenvalue weighted by Crippen LogP contribution is 2.45. The number of nitrogens with two attached hydrogens (primary N) is 1. The summed E-state index contributed by atoms with van der Waals surface area (Å²) < 4.78 is 23.1. The smallest absolute Gasteiger partial charge is 0.350 e. The van der Waals surface area contributed by atoms with Gasteiger partial charge in [-0.25, -0.2) is 4.79 Å². The highest BCUT2D eigenvalue weighted by atomic mass is 35.5. The number of nitro benzene ring substituents is 1. The second kappa shape index (κ2) is 12.5. The van der Waals surface area contributed by atoms with Crippen LogP contribution in [0, 0.1) is 21.4 Å². The lowest BCUT2D eigenvalue weighted by Crippen LogP contribution is -2.21. The van der Waals surface area contributed by atoms with Crippen molar-refractivity contribution in [2.75, 3.05) is 6.61 Å². The zero-order chi connectivity index (χ0) is 30.5. The van der Waals surface area contributed by atoms with Crippen molar-refractivity contribution in [3.63, 3.8) is 0 Å². The van der Waals surface area contributed by atoms with E-state index in [1.165, 1.54) is 36.4 Å². The van der Waals surface area contributed by atoms with Gasteiger partial charge >= 0.3 is 5.97 Å². The van der Waals surface area contributed by atoms with Gasteiger partial charge in [0.15, 0.2) is 11.5 Å². The average molecular weight is 598 g/mol. The molecule has 1 aliphatic heterocycles. The first-order valence-electron chi connectivity index (χ1n) is 13.1. The van der Waals surface area contributed by atoms with Crippen LogP contribution in [0.4, 0.5) is 5.69 Å². The number of hydrogen-bond acceptors (Lipinski definition) is 9. The third-order valence-corrected chi connectivity index (χ3v) is 7.03. The van der Waals surface area contributed by atoms with Crippen LogP contribution in [-0.4, -0.2) is 17.5 Å². The fourth-order valence-electron chi connectivity index (χ4n) is 4.67. The molecule has 216 valence electrons. The summed E-state index contributed by atoms with van der Waals surface area (Å²) in [6, 6.07) is 24.9. The SMILES string of the molecule is CCOc1cc(C2C(C#N)=C(N)Oc3cc(OC(=O)c4ccccc4[N+](=O)[O-])ccc32)ccc1OCc1ccccc1Cl. The van der Waals surface area contributed by atoms with E-state index < -0.39 is 16.8 Å². The van der Waals surface area contributed by atoms with E-state index in [4.69, 9.17) is 36.3 Å². The summed E-state index contributed by atoms with van der Waals surface area (Å²) in [4.78, 5) is 23.5. The normalized spacial score (nSPS) is 13.7. The number of para-hydroxylation sites is 1. The number of benzene rings is 4. The van der Waals surface area contributed by atoms with E-state index in [2.05, 4.69) is 6.07 Å². The number of hydrogen-bond donors (Lipinski definition) is 1. The van der Waals surface area contributed by atoms with Gasteiger partial charge in [0.1, 0.15) is 35.3 Å². The first-order valence-corrected chi connectivity index (χ1v) is 13.5. The van der Waals surface area contributed by atoms with Gasteiger partial charge in [-0.2, -0.15) is 5.26 Å². The molecule has 0 bridgehead atoms. The third kappa shape index (κ3) is 6.07. The van der Waals surface area contributed by atoms with Crippen LogP contribution >= 0.6 is 11.6 Å². The molecule has 1 heterocycles. The van der Waals surface area contributed by atoms with E-state index in [-0.39, 0.29) is 40.8 Å². The number of allylic oxidation sites excluding steroid dienone is 1. The number of nitrogens with zero attached hydrogens (tertiary/aromatic N) is 2. The minimum Gasteiger partial charge on any atom is -0.490 e. The van der Waals surface area contributed by atoms with Gasteiger partial charge in [0.25, 0.3) is 5.69 Å².